The van der Waals surface area contributed by atoms with Crippen molar-refractivity contribution in [2.75, 3.05) is 0 Å². The topological polar surface area (TPSA) is 0 Å². The summed E-state index contributed by atoms with van der Waals surface area (Å²) < 4.78 is 0. The normalized spacial score (nSPS) is 9.52. The van der Waals surface area contributed by atoms with E-state index in [1.54, 1.807) is 0 Å². The van der Waals surface area contributed by atoms with Crippen LogP contribution in [0.15, 0.2) is 60.7 Å². The Morgan fingerprint density at radius 2 is 1.34 bits per heavy atom. The van der Waals surface area contributed by atoms with Crippen LogP contribution in [0.5, 0.6) is 0 Å². The molecule has 0 radical (unpaired) electrons. The molecule has 0 amide bonds. The molecule has 0 unspecified atom stereocenters. The Bertz CT molecular complexity index is 974. The Hall–Kier alpha value is -0.383. The summed E-state index contributed by atoms with van der Waals surface area (Å²) in [6, 6.07) is 22.7. The number of fused-ring (bicyclic) bond motifs is 3. The fraction of sp³-hybridized carbons (Fsp3) is 0.250. The van der Waals surface area contributed by atoms with Gasteiger partial charge in [0.25, 0.3) is 0 Å². The Kier molecular flexibility index (Phi) is 13.6. The van der Waals surface area contributed by atoms with Crippen molar-refractivity contribution in [1.29, 1.82) is 0 Å². The zero-order valence-corrected chi connectivity index (χ0v) is 24.5. The Balaban J connectivity index is 0.000000435. The van der Waals surface area contributed by atoms with Gasteiger partial charge in [0.2, 0.25) is 0 Å². The maximum atomic E-state index is 5.63. The Labute approximate surface area is 207 Å². The average Bonchev–Trinajstić information content (AvgIpc) is 3.15. The second-order valence-corrected chi connectivity index (χ2v) is 19.6. The Morgan fingerprint density at radius 1 is 0.931 bits per heavy atom. The van der Waals surface area contributed by atoms with E-state index in [4.69, 9.17) is 11.1 Å². The molecule has 0 heterocycles. The summed E-state index contributed by atoms with van der Waals surface area (Å²) in [7, 11) is 0. The molecule has 4 aromatic carbocycles. The first-order valence-corrected chi connectivity index (χ1v) is 17.4. The van der Waals surface area contributed by atoms with E-state index in [1.807, 2.05) is 0 Å². The largest absolute Gasteiger partial charge is 1.00 e. The second-order valence-electron chi connectivity index (χ2n) is 6.84. The van der Waals surface area contributed by atoms with Crippen LogP contribution in [-0.2, 0) is 23.0 Å². The van der Waals surface area contributed by atoms with E-state index in [0.29, 0.717) is 0 Å². The van der Waals surface area contributed by atoms with E-state index >= 15 is 0 Å². The van der Waals surface area contributed by atoms with Gasteiger partial charge in [0.15, 0.2) is 0 Å². The molecule has 0 fully saturated rings. The van der Waals surface area contributed by atoms with Gasteiger partial charge in [0.05, 0.1) is 0 Å². The summed E-state index contributed by atoms with van der Waals surface area (Å²) in [5.74, 6) is 0. The van der Waals surface area contributed by atoms with E-state index < -0.39 is 0 Å². The van der Waals surface area contributed by atoms with Gasteiger partial charge >= 0.3 is 51.9 Å². The summed E-state index contributed by atoms with van der Waals surface area (Å²) in [5, 5.41) is 5.39. The summed E-state index contributed by atoms with van der Waals surface area (Å²) >= 11 is 6.86. The fourth-order valence-corrected chi connectivity index (χ4v) is 3.04. The molecular formula is C24H27Cl3HfSi-2. The van der Waals surface area contributed by atoms with Crippen LogP contribution in [0.2, 0.25) is 6.04 Å². The molecule has 0 aromatic heterocycles. The van der Waals surface area contributed by atoms with E-state index in [1.165, 1.54) is 72.8 Å². The predicted molar refractivity (Wildman–Crippen MR) is 120 cm³/mol. The van der Waals surface area contributed by atoms with E-state index in [9.17, 15) is 0 Å². The molecule has 0 nitrogen and oxygen atoms in total. The third-order valence-electron chi connectivity index (χ3n) is 5.01. The number of halogens is 3. The minimum Gasteiger partial charge on any atom is -1.00 e. The monoisotopic (exact) mass is 628 g/mol. The molecule has 0 saturated carbocycles. The van der Waals surface area contributed by atoms with E-state index in [-0.39, 0.29) is 29.6 Å². The van der Waals surface area contributed by atoms with Crippen LogP contribution in [0.1, 0.15) is 29.2 Å². The van der Waals surface area contributed by atoms with Crippen LogP contribution < -0.4 is 24.8 Å². The third-order valence-corrected chi connectivity index (χ3v) is 10.2. The second kappa shape index (κ2) is 13.8. The predicted octanol–water partition coefficient (Wildman–Crippen LogP) is 1.64. The molecule has 0 N–H and O–H groups in total. The van der Waals surface area contributed by atoms with Crippen LogP contribution in [0.3, 0.4) is 0 Å². The van der Waals surface area contributed by atoms with Crippen LogP contribution >= 0.6 is 11.1 Å². The van der Waals surface area contributed by atoms with Crippen LogP contribution in [-0.4, -0.2) is 4.80 Å². The third kappa shape index (κ3) is 7.99. The van der Waals surface area contributed by atoms with Crippen molar-refractivity contribution in [3.63, 3.8) is 0 Å². The van der Waals surface area contributed by atoms with E-state index in [0.717, 1.165) is 0 Å². The summed E-state index contributed by atoms with van der Waals surface area (Å²) in [5.41, 5.74) is 5.75. The van der Waals surface area contributed by atoms with Crippen molar-refractivity contribution in [1.82, 2.24) is 0 Å². The molecule has 0 aliphatic heterocycles. The smallest absolute Gasteiger partial charge is 0.0630 e. The van der Waals surface area contributed by atoms with Crippen molar-refractivity contribution >= 4 is 37.4 Å². The number of aryl methyl sites for hydroxylation is 2. The number of hydrogen-bond acceptors (Lipinski definition) is 0. The Morgan fingerprint density at radius 3 is 1.62 bits per heavy atom. The maximum absolute atomic E-state index is 5.63. The number of hydrogen-bond donors (Lipinski definition) is 0. The van der Waals surface area contributed by atoms with Gasteiger partial charge in [-0.2, -0.15) is 28.3 Å². The first kappa shape index (κ1) is 28.6. The van der Waals surface area contributed by atoms with Crippen LogP contribution in [0, 0.1) is 27.7 Å². The van der Waals surface area contributed by atoms with Gasteiger partial charge in [0.1, 0.15) is 0 Å². The minimum absolute atomic E-state index is 0. The van der Waals surface area contributed by atoms with Gasteiger partial charge < -0.3 is 24.8 Å². The molecule has 5 heteroatoms. The molecule has 154 valence electrons. The zero-order chi connectivity index (χ0) is 20.0. The first-order valence-electron chi connectivity index (χ1n) is 9.31. The number of rotatable bonds is 1. The molecule has 0 atom stereocenters. The summed E-state index contributed by atoms with van der Waals surface area (Å²) in [4.78, 5) is -0.263. The van der Waals surface area contributed by atoms with Crippen LogP contribution in [0.4, 0.5) is 0 Å². The molecule has 0 aliphatic rings. The zero-order valence-electron chi connectivity index (χ0n) is 17.6. The van der Waals surface area contributed by atoms with Crippen molar-refractivity contribution < 1.29 is 47.8 Å². The van der Waals surface area contributed by atoms with Gasteiger partial charge in [-0.3, -0.25) is 0 Å². The van der Waals surface area contributed by atoms with Gasteiger partial charge in [0, 0.05) is 0 Å². The van der Waals surface area contributed by atoms with Gasteiger partial charge in [-0.25, -0.2) is 0 Å². The molecule has 0 spiro atoms. The molecule has 0 saturated heterocycles. The standard InChI is InChI=1S/C13H9.C9H13.C2H5ClSi.2ClH.Hf/c1-3-7-12-10(5-1)9-11-6-2-4-8-13(11)12;1-6-5-7(2)9(4)8(6)3;1-2-4-3;;;/h1-9H;5H,1-4H3;2H2,1H3;2*1H;/q2*-1;;;;+2/p-2. The number of benzene rings is 2. The SMILES string of the molecule is CC[Si](Cl)=[Hf+2].Cc1c[c-](C)c(C)c1C.[Cl-].[Cl-].c1ccc2c(c1)[cH-]c1ccccc12. The van der Waals surface area contributed by atoms with Gasteiger partial charge in [-0.1, -0.05) is 64.1 Å². The van der Waals surface area contributed by atoms with Gasteiger partial charge in [-0.15, -0.1) is 39.7 Å². The van der Waals surface area contributed by atoms with Crippen LogP contribution in [0.25, 0.3) is 21.5 Å². The first-order chi connectivity index (χ1) is 12.8. The molecule has 4 rings (SSSR count). The molecule has 0 bridgehead atoms. The molecule has 0 aliphatic carbocycles. The van der Waals surface area contributed by atoms with Gasteiger partial charge in [-0.05, 0) is 0 Å². The molecule has 29 heavy (non-hydrogen) atoms. The fourth-order valence-electron chi connectivity index (χ4n) is 3.04. The van der Waals surface area contributed by atoms with E-state index in [2.05, 4.69) is 95.3 Å². The summed E-state index contributed by atoms with van der Waals surface area (Å²) in [6.07, 6.45) is 0. The van der Waals surface area contributed by atoms with Crippen molar-refractivity contribution in [2.45, 2.75) is 40.7 Å². The summed E-state index contributed by atoms with van der Waals surface area (Å²) in [6.45, 7) is 10.8. The van der Waals surface area contributed by atoms with Crippen molar-refractivity contribution in [3.8, 4) is 0 Å². The average molecular weight is 628 g/mol. The minimum atomic E-state index is -0.263. The molecular weight excluding hydrogens is 601 g/mol. The molecule has 4 aromatic rings. The maximum Gasteiger partial charge on any atom is -0.0630 e. The van der Waals surface area contributed by atoms with Crippen molar-refractivity contribution in [2.24, 2.45) is 0 Å². The van der Waals surface area contributed by atoms with Crippen molar-refractivity contribution in [3.05, 3.63) is 82.9 Å². The quantitative estimate of drug-likeness (QED) is 0.171.